The first-order valence-corrected chi connectivity index (χ1v) is 7.47. The zero-order valence-electron chi connectivity index (χ0n) is 12.4. The molecule has 0 bridgehead atoms. The van der Waals surface area contributed by atoms with Gasteiger partial charge in [0.1, 0.15) is 5.82 Å². The van der Waals surface area contributed by atoms with Gasteiger partial charge in [-0.25, -0.2) is 4.39 Å². The summed E-state index contributed by atoms with van der Waals surface area (Å²) >= 11 is 0. The number of piperidine rings is 1. The lowest BCUT2D eigenvalue weighted by atomic mass is 10.0. The van der Waals surface area contributed by atoms with Gasteiger partial charge in [0.2, 0.25) is 5.91 Å². The lowest BCUT2D eigenvalue weighted by molar-refractivity contribution is -0.123. The summed E-state index contributed by atoms with van der Waals surface area (Å²) < 4.78 is 13.4. The Balaban J connectivity index is 1.82. The van der Waals surface area contributed by atoms with Gasteiger partial charge in [0, 0.05) is 12.6 Å². The number of benzene rings is 1. The lowest BCUT2D eigenvalue weighted by Crippen LogP contribution is -2.47. The molecule has 4 nitrogen and oxygen atoms in total. The number of aliphatic hydroxyl groups is 1. The van der Waals surface area contributed by atoms with Gasteiger partial charge in [0.15, 0.2) is 0 Å². The van der Waals surface area contributed by atoms with E-state index >= 15 is 0 Å². The summed E-state index contributed by atoms with van der Waals surface area (Å²) in [4.78, 5) is 14.0. The van der Waals surface area contributed by atoms with Crippen LogP contribution in [0.5, 0.6) is 0 Å². The zero-order chi connectivity index (χ0) is 15.2. The number of hydrogen-bond acceptors (Lipinski definition) is 3. The van der Waals surface area contributed by atoms with E-state index in [0.29, 0.717) is 18.7 Å². The molecule has 1 heterocycles. The van der Waals surface area contributed by atoms with E-state index in [9.17, 15) is 14.3 Å². The molecule has 1 aliphatic rings. The smallest absolute Gasteiger partial charge is 0.234 e. The van der Waals surface area contributed by atoms with E-state index in [1.807, 2.05) is 11.0 Å². The van der Waals surface area contributed by atoms with Gasteiger partial charge in [-0.15, -0.1) is 0 Å². The number of hydrogen-bond donors (Lipinski definition) is 2. The Labute approximate surface area is 125 Å². The summed E-state index contributed by atoms with van der Waals surface area (Å²) in [5.74, 6) is -0.338. The molecule has 1 aromatic carbocycles. The normalized spacial score (nSPS) is 19.5. The lowest BCUT2D eigenvalue weighted by Gasteiger charge is -2.33. The molecule has 1 atom stereocenters. The molecule has 21 heavy (non-hydrogen) atoms. The molecule has 0 spiro atoms. The molecular formula is C16H23FN2O2. The van der Waals surface area contributed by atoms with Crippen molar-refractivity contribution in [2.75, 3.05) is 19.7 Å². The first kappa shape index (κ1) is 15.9. The summed E-state index contributed by atoms with van der Waals surface area (Å²) in [6.45, 7) is 3.27. The van der Waals surface area contributed by atoms with E-state index in [1.54, 1.807) is 13.0 Å². The van der Waals surface area contributed by atoms with Gasteiger partial charge >= 0.3 is 0 Å². The van der Waals surface area contributed by atoms with Crippen molar-refractivity contribution in [1.82, 2.24) is 10.2 Å². The Morgan fingerprint density at radius 1 is 1.48 bits per heavy atom. The molecule has 0 aromatic heterocycles. The molecule has 2 rings (SSSR count). The molecule has 0 aliphatic carbocycles. The average Bonchev–Trinajstić information content (AvgIpc) is 2.49. The highest BCUT2D eigenvalue weighted by molar-refractivity contribution is 5.78. The number of likely N-dealkylation sites (tertiary alicyclic amines) is 1. The highest BCUT2D eigenvalue weighted by atomic mass is 19.1. The highest BCUT2D eigenvalue weighted by Crippen LogP contribution is 2.16. The Morgan fingerprint density at radius 3 is 3.00 bits per heavy atom. The minimum atomic E-state index is -0.252. The van der Waals surface area contributed by atoms with Gasteiger partial charge in [-0.1, -0.05) is 18.6 Å². The van der Waals surface area contributed by atoms with E-state index in [1.165, 1.54) is 6.07 Å². The third-order valence-corrected chi connectivity index (χ3v) is 4.03. The molecule has 0 saturated carbocycles. The summed E-state index contributed by atoms with van der Waals surface area (Å²) in [6.07, 6.45) is 3.10. The van der Waals surface area contributed by atoms with Crippen LogP contribution < -0.4 is 5.32 Å². The fourth-order valence-corrected chi connectivity index (χ4v) is 2.66. The van der Waals surface area contributed by atoms with Crippen LogP contribution in [0, 0.1) is 12.7 Å². The maximum Gasteiger partial charge on any atom is 0.234 e. The molecule has 0 radical (unpaired) electrons. The van der Waals surface area contributed by atoms with Gasteiger partial charge in [-0.2, -0.15) is 0 Å². The SMILES string of the molecule is Cc1ccc(CNC(=O)CN2CCCC[C@@H]2CO)cc1F. The fourth-order valence-electron chi connectivity index (χ4n) is 2.66. The first-order chi connectivity index (χ1) is 10.1. The van der Waals surface area contributed by atoms with Crippen LogP contribution in [0.15, 0.2) is 18.2 Å². The van der Waals surface area contributed by atoms with E-state index in [2.05, 4.69) is 5.32 Å². The topological polar surface area (TPSA) is 52.6 Å². The Hall–Kier alpha value is -1.46. The third-order valence-electron chi connectivity index (χ3n) is 4.03. The predicted molar refractivity (Wildman–Crippen MR) is 79.3 cm³/mol. The molecule has 1 aromatic rings. The number of carbonyl (C=O) groups excluding carboxylic acids is 1. The number of rotatable bonds is 5. The van der Waals surface area contributed by atoms with Crippen LogP contribution in [-0.4, -0.2) is 41.7 Å². The summed E-state index contributed by atoms with van der Waals surface area (Å²) in [5.41, 5.74) is 1.35. The molecule has 2 N–H and O–H groups in total. The fraction of sp³-hybridized carbons (Fsp3) is 0.562. The summed E-state index contributed by atoms with van der Waals surface area (Å²) in [6, 6.07) is 5.06. The van der Waals surface area contributed by atoms with E-state index in [-0.39, 0.29) is 24.4 Å². The van der Waals surface area contributed by atoms with Crippen molar-refractivity contribution >= 4 is 5.91 Å². The summed E-state index contributed by atoms with van der Waals surface area (Å²) in [5, 5.41) is 12.1. The van der Waals surface area contributed by atoms with Gasteiger partial charge in [0.25, 0.3) is 0 Å². The van der Waals surface area contributed by atoms with Crippen LogP contribution in [0.1, 0.15) is 30.4 Å². The minimum absolute atomic E-state index is 0.0846. The number of amides is 1. The second-order valence-corrected chi connectivity index (χ2v) is 5.66. The van der Waals surface area contributed by atoms with Crippen molar-refractivity contribution in [3.05, 3.63) is 35.1 Å². The van der Waals surface area contributed by atoms with Crippen molar-refractivity contribution in [2.24, 2.45) is 0 Å². The Bertz CT molecular complexity index is 493. The van der Waals surface area contributed by atoms with Crippen molar-refractivity contribution in [2.45, 2.75) is 38.8 Å². The molecule has 116 valence electrons. The van der Waals surface area contributed by atoms with Crippen LogP contribution in [0.2, 0.25) is 0 Å². The van der Waals surface area contributed by atoms with Crippen LogP contribution >= 0.6 is 0 Å². The minimum Gasteiger partial charge on any atom is -0.395 e. The average molecular weight is 294 g/mol. The van der Waals surface area contributed by atoms with Crippen molar-refractivity contribution in [3.63, 3.8) is 0 Å². The molecule has 1 saturated heterocycles. The molecule has 1 aliphatic heterocycles. The van der Waals surface area contributed by atoms with Crippen molar-refractivity contribution in [1.29, 1.82) is 0 Å². The first-order valence-electron chi connectivity index (χ1n) is 7.47. The molecule has 1 fully saturated rings. The molecular weight excluding hydrogens is 271 g/mol. The standard InChI is InChI=1S/C16H23FN2O2/c1-12-5-6-13(8-15(12)17)9-18-16(21)10-19-7-3-2-4-14(19)11-20/h5-6,8,14,20H,2-4,7,9-11H2,1H3,(H,18,21)/t14-/m1/s1. The van der Waals surface area contributed by atoms with Crippen molar-refractivity contribution in [3.8, 4) is 0 Å². The zero-order valence-corrected chi connectivity index (χ0v) is 12.4. The highest BCUT2D eigenvalue weighted by Gasteiger charge is 2.23. The van der Waals surface area contributed by atoms with Crippen LogP contribution in [0.4, 0.5) is 4.39 Å². The molecule has 5 heteroatoms. The Morgan fingerprint density at radius 2 is 2.29 bits per heavy atom. The van der Waals surface area contributed by atoms with E-state index in [0.717, 1.165) is 31.4 Å². The molecule has 0 unspecified atom stereocenters. The third kappa shape index (κ3) is 4.51. The van der Waals surface area contributed by atoms with E-state index < -0.39 is 0 Å². The second kappa shape index (κ2) is 7.52. The molecule has 1 amide bonds. The number of nitrogens with one attached hydrogen (secondary N) is 1. The van der Waals surface area contributed by atoms with Gasteiger partial charge in [0.05, 0.1) is 13.2 Å². The maximum absolute atomic E-state index is 13.4. The number of aliphatic hydroxyl groups excluding tert-OH is 1. The predicted octanol–water partition coefficient (Wildman–Crippen LogP) is 1.60. The van der Waals surface area contributed by atoms with Crippen LogP contribution in [0.25, 0.3) is 0 Å². The van der Waals surface area contributed by atoms with Crippen LogP contribution in [-0.2, 0) is 11.3 Å². The summed E-state index contributed by atoms with van der Waals surface area (Å²) in [7, 11) is 0. The Kier molecular flexibility index (Phi) is 5.70. The van der Waals surface area contributed by atoms with Gasteiger partial charge < -0.3 is 10.4 Å². The quantitative estimate of drug-likeness (QED) is 0.867. The van der Waals surface area contributed by atoms with Gasteiger partial charge in [-0.3, -0.25) is 9.69 Å². The number of aryl methyl sites for hydroxylation is 1. The monoisotopic (exact) mass is 294 g/mol. The maximum atomic E-state index is 13.4. The number of nitrogens with zero attached hydrogens (tertiary/aromatic N) is 1. The second-order valence-electron chi connectivity index (χ2n) is 5.66. The van der Waals surface area contributed by atoms with Gasteiger partial charge in [-0.05, 0) is 43.5 Å². The number of halogens is 1. The van der Waals surface area contributed by atoms with Crippen molar-refractivity contribution < 1.29 is 14.3 Å². The van der Waals surface area contributed by atoms with Crippen LogP contribution in [0.3, 0.4) is 0 Å². The van der Waals surface area contributed by atoms with E-state index in [4.69, 9.17) is 0 Å². The number of carbonyl (C=O) groups is 1. The largest absolute Gasteiger partial charge is 0.395 e.